The summed E-state index contributed by atoms with van der Waals surface area (Å²) in [4.78, 5) is 3.79. The Morgan fingerprint density at radius 2 is 1.48 bits per heavy atom. The van der Waals surface area contributed by atoms with Crippen LogP contribution in [0.1, 0.15) is 5.56 Å². The van der Waals surface area contributed by atoms with Crippen LogP contribution in [0.25, 0.3) is 54.1 Å². The van der Waals surface area contributed by atoms with Gasteiger partial charge >= 0.3 is 0 Å². The maximum atomic E-state index is 9.85. The molecule has 0 fully saturated rings. The summed E-state index contributed by atoms with van der Waals surface area (Å²) in [7, 11) is 2.08. The van der Waals surface area contributed by atoms with Crippen LogP contribution in [-0.4, -0.2) is 9.13 Å². The standard InChI is InChI=1S/C27H16N4/c1-29-23-11-6-10-21-20-9-5-7-17(16-28)26(20)31(27(21)23)18-13-14-25-22(15-18)19-8-3-4-12-24(19)30(25)2/h3-15H,2H3. The van der Waals surface area contributed by atoms with Gasteiger partial charge in [0.1, 0.15) is 6.07 Å². The van der Waals surface area contributed by atoms with Gasteiger partial charge in [0.25, 0.3) is 0 Å². The molecular weight excluding hydrogens is 380 g/mol. The SMILES string of the molecule is [C-]#[N+]c1cccc2c3cccc(C#N)c3n(-c3ccc4c(c3)c3ccccc3n4C)c12. The van der Waals surface area contributed by atoms with Crippen LogP contribution < -0.4 is 0 Å². The van der Waals surface area contributed by atoms with Crippen LogP contribution in [0.4, 0.5) is 5.69 Å². The number of nitrogens with zero attached hydrogens (tertiary/aromatic N) is 4. The molecule has 0 spiro atoms. The van der Waals surface area contributed by atoms with Crippen molar-refractivity contribution < 1.29 is 0 Å². The third-order valence-corrected chi connectivity index (χ3v) is 6.18. The van der Waals surface area contributed by atoms with Crippen LogP contribution in [0.15, 0.2) is 78.9 Å². The number of aryl methyl sites for hydroxylation is 1. The number of aromatic nitrogens is 2. The largest absolute Gasteiger partial charge is 0.344 e. The van der Waals surface area contributed by atoms with E-state index in [0.717, 1.165) is 38.4 Å². The lowest BCUT2D eigenvalue weighted by atomic mass is 10.1. The fourth-order valence-corrected chi connectivity index (χ4v) is 4.83. The molecule has 2 aromatic heterocycles. The number of para-hydroxylation sites is 3. The summed E-state index contributed by atoms with van der Waals surface area (Å²) in [5, 5.41) is 14.2. The predicted molar refractivity (Wildman–Crippen MR) is 126 cm³/mol. The van der Waals surface area contributed by atoms with Gasteiger partial charge in [-0.1, -0.05) is 48.5 Å². The third-order valence-electron chi connectivity index (χ3n) is 6.18. The minimum absolute atomic E-state index is 0.579. The van der Waals surface area contributed by atoms with E-state index >= 15 is 0 Å². The molecule has 31 heavy (non-hydrogen) atoms. The molecular formula is C27H16N4. The van der Waals surface area contributed by atoms with Gasteiger partial charge in [0.05, 0.1) is 23.2 Å². The van der Waals surface area contributed by atoms with Gasteiger partial charge in [-0.3, -0.25) is 0 Å². The Labute approximate surface area is 178 Å². The first-order valence-electron chi connectivity index (χ1n) is 10.0. The van der Waals surface area contributed by atoms with Gasteiger partial charge in [-0.15, -0.1) is 0 Å². The van der Waals surface area contributed by atoms with Crippen molar-refractivity contribution in [1.82, 2.24) is 9.13 Å². The number of fused-ring (bicyclic) bond motifs is 6. The Morgan fingerprint density at radius 3 is 2.29 bits per heavy atom. The van der Waals surface area contributed by atoms with Crippen molar-refractivity contribution in [1.29, 1.82) is 5.26 Å². The van der Waals surface area contributed by atoms with E-state index in [2.05, 4.69) is 69.6 Å². The van der Waals surface area contributed by atoms with E-state index < -0.39 is 0 Å². The molecule has 0 saturated heterocycles. The summed E-state index contributed by atoms with van der Waals surface area (Å²) in [5.74, 6) is 0. The number of hydrogen-bond donors (Lipinski definition) is 0. The topological polar surface area (TPSA) is 38.0 Å². The molecule has 0 unspecified atom stereocenters. The second-order valence-corrected chi connectivity index (χ2v) is 7.71. The summed E-state index contributed by atoms with van der Waals surface area (Å²) in [6.45, 7) is 7.74. The van der Waals surface area contributed by atoms with Crippen molar-refractivity contribution in [3.63, 3.8) is 0 Å². The summed E-state index contributed by atoms with van der Waals surface area (Å²) in [6.07, 6.45) is 0. The second-order valence-electron chi connectivity index (χ2n) is 7.71. The molecule has 0 N–H and O–H groups in total. The van der Waals surface area contributed by atoms with Gasteiger partial charge < -0.3 is 9.13 Å². The summed E-state index contributed by atoms with van der Waals surface area (Å²) < 4.78 is 4.28. The lowest BCUT2D eigenvalue weighted by molar-refractivity contribution is 1.01. The zero-order valence-corrected chi connectivity index (χ0v) is 16.8. The van der Waals surface area contributed by atoms with Crippen molar-refractivity contribution in [3.05, 3.63) is 95.8 Å². The molecule has 0 aliphatic heterocycles. The van der Waals surface area contributed by atoms with E-state index in [9.17, 15) is 5.26 Å². The Bertz CT molecular complexity index is 1700. The first-order chi connectivity index (χ1) is 15.2. The number of nitriles is 1. The minimum Gasteiger partial charge on any atom is -0.344 e. The molecule has 144 valence electrons. The molecule has 6 aromatic rings. The minimum atomic E-state index is 0.579. The zero-order valence-electron chi connectivity index (χ0n) is 16.8. The first kappa shape index (κ1) is 17.3. The van der Waals surface area contributed by atoms with Crippen LogP contribution in [0.5, 0.6) is 0 Å². The molecule has 0 aliphatic rings. The van der Waals surface area contributed by atoms with E-state index in [1.54, 1.807) is 0 Å². The van der Waals surface area contributed by atoms with Crippen LogP contribution in [0.2, 0.25) is 0 Å². The van der Waals surface area contributed by atoms with Crippen LogP contribution in [-0.2, 0) is 7.05 Å². The smallest absolute Gasteiger partial charge is 0.211 e. The van der Waals surface area contributed by atoms with Crippen molar-refractivity contribution in [2.75, 3.05) is 0 Å². The van der Waals surface area contributed by atoms with Gasteiger partial charge in [0.15, 0.2) is 0 Å². The van der Waals surface area contributed by atoms with Gasteiger partial charge in [-0.2, -0.15) is 5.26 Å². The molecule has 2 heterocycles. The second kappa shape index (κ2) is 6.23. The molecule has 6 rings (SSSR count). The molecule has 0 radical (unpaired) electrons. The predicted octanol–water partition coefficient (Wildman–Crippen LogP) is 6.85. The van der Waals surface area contributed by atoms with Crippen LogP contribution in [0, 0.1) is 17.9 Å². The molecule has 0 atom stereocenters. The highest BCUT2D eigenvalue weighted by Crippen LogP contribution is 2.39. The van der Waals surface area contributed by atoms with E-state index in [1.807, 2.05) is 36.4 Å². The monoisotopic (exact) mass is 396 g/mol. The number of rotatable bonds is 1. The maximum absolute atomic E-state index is 9.85. The summed E-state index contributed by atoms with van der Waals surface area (Å²) in [6, 6.07) is 28.6. The third kappa shape index (κ3) is 2.22. The molecule has 0 amide bonds. The molecule has 0 aliphatic carbocycles. The highest BCUT2D eigenvalue weighted by molar-refractivity contribution is 6.15. The quantitative estimate of drug-likeness (QED) is 0.280. The van der Waals surface area contributed by atoms with Crippen LogP contribution in [0.3, 0.4) is 0 Å². The fourth-order valence-electron chi connectivity index (χ4n) is 4.83. The Kier molecular flexibility index (Phi) is 3.48. The molecule has 0 saturated carbocycles. The Morgan fingerprint density at radius 1 is 0.774 bits per heavy atom. The number of hydrogen-bond acceptors (Lipinski definition) is 1. The van der Waals surface area contributed by atoms with Crippen molar-refractivity contribution >= 4 is 49.3 Å². The maximum Gasteiger partial charge on any atom is 0.211 e. The van der Waals surface area contributed by atoms with Crippen LogP contribution >= 0.6 is 0 Å². The summed E-state index contributed by atoms with van der Waals surface area (Å²) in [5.41, 5.74) is 6.14. The lowest BCUT2D eigenvalue weighted by Gasteiger charge is -2.10. The average molecular weight is 396 g/mol. The highest BCUT2D eigenvalue weighted by Gasteiger charge is 2.19. The van der Waals surface area contributed by atoms with Crippen molar-refractivity contribution in [2.24, 2.45) is 7.05 Å². The average Bonchev–Trinajstić information content (AvgIpc) is 3.31. The number of benzene rings is 4. The summed E-state index contributed by atoms with van der Waals surface area (Å²) >= 11 is 0. The van der Waals surface area contributed by atoms with Gasteiger partial charge in [-0.25, -0.2) is 4.85 Å². The highest BCUT2D eigenvalue weighted by atomic mass is 15.0. The van der Waals surface area contributed by atoms with Crippen molar-refractivity contribution in [3.8, 4) is 11.8 Å². The molecule has 0 bridgehead atoms. The fraction of sp³-hybridized carbons (Fsp3) is 0.0370. The molecule has 4 aromatic carbocycles. The Balaban J connectivity index is 1.83. The lowest BCUT2D eigenvalue weighted by Crippen LogP contribution is -1.96. The van der Waals surface area contributed by atoms with Gasteiger partial charge in [-0.05, 0) is 35.7 Å². The van der Waals surface area contributed by atoms with E-state index in [1.165, 1.54) is 10.9 Å². The molecule has 4 nitrogen and oxygen atoms in total. The molecule has 4 heteroatoms. The van der Waals surface area contributed by atoms with Gasteiger partial charge in [0, 0.05) is 39.9 Å². The normalized spacial score (nSPS) is 11.3. The van der Waals surface area contributed by atoms with E-state index in [0.29, 0.717) is 11.3 Å². The van der Waals surface area contributed by atoms with Gasteiger partial charge in [0.2, 0.25) is 5.69 Å². The first-order valence-corrected chi connectivity index (χ1v) is 10.0. The van der Waals surface area contributed by atoms with E-state index in [-0.39, 0.29) is 0 Å². The Hall–Kier alpha value is -4.54. The zero-order chi connectivity index (χ0) is 21.1. The van der Waals surface area contributed by atoms with Crippen molar-refractivity contribution in [2.45, 2.75) is 0 Å². The van der Waals surface area contributed by atoms with E-state index in [4.69, 9.17) is 6.57 Å².